The number of carboxylic acid groups (broad SMARTS) is 1. The van der Waals surface area contributed by atoms with Crippen molar-refractivity contribution in [1.82, 2.24) is 0 Å². The normalized spacial score (nSPS) is 16.9. The molecule has 0 amide bonds. The molecule has 1 unspecified atom stereocenters. The molecule has 0 aliphatic heterocycles. The van der Waals surface area contributed by atoms with Crippen molar-refractivity contribution in [2.24, 2.45) is 5.92 Å². The van der Waals surface area contributed by atoms with E-state index in [-0.39, 0.29) is 18.2 Å². The first-order valence-corrected chi connectivity index (χ1v) is 6.03. The maximum Gasteiger partial charge on any atom is 0.303 e. The number of aliphatic carboxylic acids is 1. The van der Waals surface area contributed by atoms with E-state index >= 15 is 0 Å². The maximum atomic E-state index is 13.6. The van der Waals surface area contributed by atoms with Crippen LogP contribution in [0.3, 0.4) is 0 Å². The van der Waals surface area contributed by atoms with Crippen molar-refractivity contribution in [3.63, 3.8) is 0 Å². The van der Waals surface area contributed by atoms with Crippen molar-refractivity contribution in [2.75, 3.05) is 0 Å². The molecule has 4 heteroatoms. The zero-order valence-corrected chi connectivity index (χ0v) is 9.73. The number of furan rings is 1. The third-order valence-corrected chi connectivity index (χ3v) is 3.53. The minimum atomic E-state index is -0.851. The van der Waals surface area contributed by atoms with Crippen LogP contribution in [0, 0.1) is 11.7 Å². The average Bonchev–Trinajstić information content (AvgIpc) is 3.04. The van der Waals surface area contributed by atoms with Crippen LogP contribution >= 0.6 is 0 Å². The van der Waals surface area contributed by atoms with Gasteiger partial charge in [0.05, 0.1) is 12.7 Å². The molecule has 94 valence electrons. The summed E-state index contributed by atoms with van der Waals surface area (Å²) in [6.45, 7) is 0. The Kier molecular flexibility index (Phi) is 2.58. The van der Waals surface area contributed by atoms with Gasteiger partial charge in [-0.15, -0.1) is 0 Å². The van der Waals surface area contributed by atoms with Gasteiger partial charge in [0.2, 0.25) is 0 Å². The molecule has 1 atom stereocenters. The summed E-state index contributed by atoms with van der Waals surface area (Å²) in [5.74, 6) is -0.992. The quantitative estimate of drug-likeness (QED) is 0.900. The third-order valence-electron chi connectivity index (χ3n) is 3.53. The van der Waals surface area contributed by atoms with Gasteiger partial charge >= 0.3 is 5.97 Å². The highest BCUT2D eigenvalue weighted by Gasteiger charge is 2.35. The first-order chi connectivity index (χ1) is 8.65. The summed E-state index contributed by atoms with van der Waals surface area (Å²) in [4.78, 5) is 11.0. The van der Waals surface area contributed by atoms with Crippen LogP contribution in [-0.4, -0.2) is 11.1 Å². The Labute approximate surface area is 103 Å². The van der Waals surface area contributed by atoms with E-state index in [4.69, 9.17) is 9.52 Å². The van der Waals surface area contributed by atoms with Gasteiger partial charge in [-0.25, -0.2) is 4.39 Å². The Bertz CT molecular complexity index is 598. The standard InChI is InChI=1S/C14H13FO3/c15-10-5-9-3-4-18-14(9)12(6-10)11(7-13(16)17)8-1-2-8/h3-6,8,11H,1-2,7H2,(H,16,17). The highest BCUT2D eigenvalue weighted by Crippen LogP contribution is 2.46. The van der Waals surface area contributed by atoms with Crippen molar-refractivity contribution in [3.05, 3.63) is 35.8 Å². The van der Waals surface area contributed by atoms with Gasteiger partial charge in [-0.05, 0) is 37.0 Å². The molecule has 1 aliphatic carbocycles. The number of hydrogen-bond acceptors (Lipinski definition) is 2. The Balaban J connectivity index is 2.09. The van der Waals surface area contributed by atoms with E-state index in [0.717, 1.165) is 12.8 Å². The summed E-state index contributed by atoms with van der Waals surface area (Å²) in [7, 11) is 0. The van der Waals surface area contributed by atoms with Crippen molar-refractivity contribution in [2.45, 2.75) is 25.2 Å². The molecule has 3 nitrogen and oxygen atoms in total. The zero-order valence-electron chi connectivity index (χ0n) is 9.73. The number of halogens is 1. The van der Waals surface area contributed by atoms with Crippen molar-refractivity contribution >= 4 is 16.9 Å². The lowest BCUT2D eigenvalue weighted by atomic mass is 9.90. The van der Waals surface area contributed by atoms with Crippen LogP contribution in [0.4, 0.5) is 4.39 Å². The number of hydrogen-bond donors (Lipinski definition) is 1. The average molecular weight is 248 g/mol. The van der Waals surface area contributed by atoms with Crippen molar-refractivity contribution < 1.29 is 18.7 Å². The molecule has 1 aromatic heterocycles. The fourth-order valence-electron chi connectivity index (χ4n) is 2.56. The molecule has 1 heterocycles. The molecule has 0 spiro atoms. The van der Waals surface area contributed by atoms with Gasteiger partial charge in [-0.3, -0.25) is 4.79 Å². The highest BCUT2D eigenvalue weighted by molar-refractivity contribution is 5.82. The van der Waals surface area contributed by atoms with E-state index in [2.05, 4.69) is 0 Å². The molecule has 1 saturated carbocycles. The molecule has 1 N–H and O–H groups in total. The van der Waals surface area contributed by atoms with E-state index < -0.39 is 5.97 Å². The first-order valence-electron chi connectivity index (χ1n) is 6.03. The largest absolute Gasteiger partial charge is 0.481 e. The lowest BCUT2D eigenvalue weighted by Gasteiger charge is -2.14. The monoisotopic (exact) mass is 248 g/mol. The number of carboxylic acids is 1. The maximum absolute atomic E-state index is 13.6. The first kappa shape index (κ1) is 11.3. The lowest BCUT2D eigenvalue weighted by Crippen LogP contribution is -2.09. The molecule has 1 fully saturated rings. The SMILES string of the molecule is O=C(O)CC(c1cc(F)cc2ccoc12)C1CC1. The summed E-state index contributed by atoms with van der Waals surface area (Å²) in [6, 6.07) is 4.53. The molecule has 1 aromatic carbocycles. The fraction of sp³-hybridized carbons (Fsp3) is 0.357. The summed E-state index contributed by atoms with van der Waals surface area (Å²) >= 11 is 0. The minimum Gasteiger partial charge on any atom is -0.481 e. The summed E-state index contributed by atoms with van der Waals surface area (Å²) in [6.07, 6.45) is 3.57. The molecule has 18 heavy (non-hydrogen) atoms. The summed E-state index contributed by atoms with van der Waals surface area (Å²) in [5, 5.41) is 9.68. The van der Waals surface area contributed by atoms with E-state index in [1.165, 1.54) is 18.4 Å². The zero-order chi connectivity index (χ0) is 12.7. The number of fused-ring (bicyclic) bond motifs is 1. The van der Waals surface area contributed by atoms with Crippen LogP contribution < -0.4 is 0 Å². The Morgan fingerprint density at radius 1 is 1.50 bits per heavy atom. The third kappa shape index (κ3) is 1.98. The minimum absolute atomic E-state index is 0.0317. The van der Waals surface area contributed by atoms with E-state index in [9.17, 15) is 9.18 Å². The molecular weight excluding hydrogens is 235 g/mol. The van der Waals surface area contributed by atoms with Crippen LogP contribution in [0.15, 0.2) is 28.9 Å². The Morgan fingerprint density at radius 3 is 2.94 bits per heavy atom. The van der Waals surface area contributed by atoms with Crippen molar-refractivity contribution in [1.29, 1.82) is 0 Å². The van der Waals surface area contributed by atoms with Gasteiger partial charge in [-0.2, -0.15) is 0 Å². The predicted molar refractivity (Wildman–Crippen MR) is 63.9 cm³/mol. The topological polar surface area (TPSA) is 50.4 Å². The van der Waals surface area contributed by atoms with E-state index in [1.807, 2.05) is 0 Å². The number of rotatable bonds is 4. The lowest BCUT2D eigenvalue weighted by molar-refractivity contribution is -0.137. The van der Waals surface area contributed by atoms with Gasteiger partial charge in [-0.1, -0.05) is 0 Å². The molecule has 2 aromatic rings. The van der Waals surface area contributed by atoms with Gasteiger partial charge < -0.3 is 9.52 Å². The molecular formula is C14H13FO3. The van der Waals surface area contributed by atoms with Gasteiger partial charge in [0.15, 0.2) is 0 Å². The van der Waals surface area contributed by atoms with Gasteiger partial charge in [0.1, 0.15) is 11.4 Å². The number of carbonyl (C=O) groups is 1. The van der Waals surface area contributed by atoms with Crippen LogP contribution in [0.1, 0.15) is 30.7 Å². The van der Waals surface area contributed by atoms with E-state index in [1.54, 1.807) is 6.07 Å². The highest BCUT2D eigenvalue weighted by atomic mass is 19.1. The molecule has 0 radical (unpaired) electrons. The Morgan fingerprint density at radius 2 is 2.28 bits per heavy atom. The van der Waals surface area contributed by atoms with Crippen LogP contribution in [0.2, 0.25) is 0 Å². The molecule has 0 saturated heterocycles. The Hall–Kier alpha value is -1.84. The van der Waals surface area contributed by atoms with Gasteiger partial charge in [0, 0.05) is 16.9 Å². The predicted octanol–water partition coefficient (Wildman–Crippen LogP) is 3.54. The van der Waals surface area contributed by atoms with Crippen LogP contribution in [-0.2, 0) is 4.79 Å². The van der Waals surface area contributed by atoms with Crippen LogP contribution in [0.25, 0.3) is 11.0 Å². The molecule has 1 aliphatic rings. The smallest absolute Gasteiger partial charge is 0.303 e. The van der Waals surface area contributed by atoms with Gasteiger partial charge in [0.25, 0.3) is 0 Å². The second kappa shape index (κ2) is 4.12. The summed E-state index contributed by atoms with van der Waals surface area (Å²) < 4.78 is 19.0. The van der Waals surface area contributed by atoms with Crippen LogP contribution in [0.5, 0.6) is 0 Å². The second-order valence-electron chi connectivity index (χ2n) is 4.88. The fourth-order valence-corrected chi connectivity index (χ4v) is 2.56. The second-order valence-corrected chi connectivity index (χ2v) is 4.88. The van der Waals surface area contributed by atoms with E-state index in [0.29, 0.717) is 22.5 Å². The molecule has 3 rings (SSSR count). The summed E-state index contributed by atoms with van der Waals surface area (Å²) in [5.41, 5.74) is 1.31. The molecule has 0 bridgehead atoms. The van der Waals surface area contributed by atoms with Crippen molar-refractivity contribution in [3.8, 4) is 0 Å². The number of benzene rings is 1.